The van der Waals surface area contributed by atoms with Crippen LogP contribution in [0.1, 0.15) is 38.2 Å². The molecule has 0 aliphatic carbocycles. The zero-order valence-electron chi connectivity index (χ0n) is 9.77. The van der Waals surface area contributed by atoms with E-state index in [4.69, 9.17) is 10.5 Å². The van der Waals surface area contributed by atoms with Crippen LogP contribution in [0.25, 0.3) is 0 Å². The molecule has 0 aromatic carbocycles. The summed E-state index contributed by atoms with van der Waals surface area (Å²) in [5.74, 6) is 0.668. The van der Waals surface area contributed by atoms with Gasteiger partial charge < -0.3 is 10.5 Å². The van der Waals surface area contributed by atoms with E-state index in [1.54, 1.807) is 11.3 Å². The van der Waals surface area contributed by atoms with Crippen molar-refractivity contribution >= 4 is 11.3 Å². The van der Waals surface area contributed by atoms with E-state index in [1.165, 1.54) is 4.88 Å². The fraction of sp³-hybridized carbons (Fsp3) is 0.667. The number of nitrogens with two attached hydrogens (primary N) is 1. The second-order valence-corrected chi connectivity index (χ2v) is 5.30. The summed E-state index contributed by atoms with van der Waals surface area (Å²) < 4.78 is 5.94. The molecule has 1 aromatic rings. The van der Waals surface area contributed by atoms with Crippen molar-refractivity contribution in [1.29, 1.82) is 0 Å². The molecule has 2 unspecified atom stereocenters. The van der Waals surface area contributed by atoms with E-state index in [9.17, 15) is 0 Å². The van der Waals surface area contributed by atoms with E-state index in [1.807, 2.05) is 6.07 Å². The van der Waals surface area contributed by atoms with Crippen LogP contribution in [0.2, 0.25) is 0 Å². The van der Waals surface area contributed by atoms with E-state index >= 15 is 0 Å². The smallest absolute Gasteiger partial charge is 0.104 e. The van der Waals surface area contributed by atoms with Crippen molar-refractivity contribution in [2.75, 3.05) is 6.54 Å². The Morgan fingerprint density at radius 3 is 2.60 bits per heavy atom. The maximum atomic E-state index is 5.94. The lowest BCUT2D eigenvalue weighted by atomic mass is 10.1. The van der Waals surface area contributed by atoms with Crippen LogP contribution in [0.15, 0.2) is 17.5 Å². The highest BCUT2D eigenvalue weighted by Crippen LogP contribution is 2.24. The first-order valence-corrected chi connectivity index (χ1v) is 6.40. The summed E-state index contributed by atoms with van der Waals surface area (Å²) in [5, 5.41) is 2.06. The average Bonchev–Trinajstić information content (AvgIpc) is 2.65. The third-order valence-corrected chi connectivity index (χ3v) is 3.24. The van der Waals surface area contributed by atoms with Crippen LogP contribution >= 0.6 is 11.3 Å². The van der Waals surface area contributed by atoms with E-state index < -0.39 is 0 Å². The third kappa shape index (κ3) is 4.33. The number of hydrogen-bond acceptors (Lipinski definition) is 3. The van der Waals surface area contributed by atoms with Crippen molar-refractivity contribution < 1.29 is 4.74 Å². The van der Waals surface area contributed by atoms with Gasteiger partial charge in [0.25, 0.3) is 0 Å². The number of rotatable bonds is 6. The summed E-state index contributed by atoms with van der Waals surface area (Å²) in [6.07, 6.45) is 1.43. The Morgan fingerprint density at radius 2 is 2.13 bits per heavy atom. The first-order valence-electron chi connectivity index (χ1n) is 5.52. The lowest BCUT2D eigenvalue weighted by Crippen LogP contribution is -2.21. The molecule has 0 radical (unpaired) electrons. The van der Waals surface area contributed by atoms with Crippen LogP contribution < -0.4 is 5.73 Å². The van der Waals surface area contributed by atoms with Crippen molar-refractivity contribution in [1.82, 2.24) is 0 Å². The molecule has 0 amide bonds. The van der Waals surface area contributed by atoms with Crippen molar-refractivity contribution in [2.24, 2.45) is 11.7 Å². The monoisotopic (exact) mass is 227 g/mol. The third-order valence-electron chi connectivity index (χ3n) is 2.27. The Hall–Kier alpha value is -0.380. The molecular weight excluding hydrogens is 206 g/mol. The van der Waals surface area contributed by atoms with Crippen molar-refractivity contribution in [3.05, 3.63) is 22.4 Å². The summed E-state index contributed by atoms with van der Waals surface area (Å²) in [5.41, 5.74) is 5.72. The Labute approximate surface area is 96.4 Å². The van der Waals surface area contributed by atoms with Crippen LogP contribution in [-0.4, -0.2) is 12.6 Å². The van der Waals surface area contributed by atoms with Gasteiger partial charge in [0.15, 0.2) is 0 Å². The molecule has 15 heavy (non-hydrogen) atoms. The van der Waals surface area contributed by atoms with E-state index in [0.29, 0.717) is 12.5 Å². The largest absolute Gasteiger partial charge is 0.368 e. The summed E-state index contributed by atoms with van der Waals surface area (Å²) in [6, 6.07) is 4.13. The van der Waals surface area contributed by atoms with Crippen LogP contribution in [0.5, 0.6) is 0 Å². The van der Waals surface area contributed by atoms with Gasteiger partial charge in [-0.2, -0.15) is 0 Å². The minimum Gasteiger partial charge on any atom is -0.368 e. The molecule has 3 heteroatoms. The molecule has 1 aromatic heterocycles. The molecule has 0 aliphatic heterocycles. The minimum absolute atomic E-state index is 0.0683. The van der Waals surface area contributed by atoms with Gasteiger partial charge in [0, 0.05) is 11.4 Å². The molecule has 2 N–H and O–H groups in total. The summed E-state index contributed by atoms with van der Waals surface area (Å²) in [6.45, 7) is 7.10. The van der Waals surface area contributed by atoms with Gasteiger partial charge in [-0.05, 0) is 30.7 Å². The van der Waals surface area contributed by atoms with Crippen LogP contribution in [-0.2, 0) is 4.74 Å². The lowest BCUT2D eigenvalue weighted by molar-refractivity contribution is -0.00658. The number of ether oxygens (including phenoxy) is 1. The molecule has 0 bridgehead atoms. The van der Waals surface area contributed by atoms with E-state index in [-0.39, 0.29) is 12.2 Å². The number of thiophene rings is 1. The fourth-order valence-corrected chi connectivity index (χ4v) is 2.49. The molecule has 1 rings (SSSR count). The lowest BCUT2D eigenvalue weighted by Gasteiger charge is -2.21. The highest BCUT2D eigenvalue weighted by Gasteiger charge is 2.15. The zero-order chi connectivity index (χ0) is 11.3. The van der Waals surface area contributed by atoms with Gasteiger partial charge in [0.1, 0.15) is 6.10 Å². The maximum absolute atomic E-state index is 5.94. The average molecular weight is 227 g/mol. The van der Waals surface area contributed by atoms with Gasteiger partial charge in [-0.15, -0.1) is 11.3 Å². The Balaban J connectivity index is 2.47. The van der Waals surface area contributed by atoms with Gasteiger partial charge >= 0.3 is 0 Å². The Kier molecular flexibility index (Phi) is 5.29. The van der Waals surface area contributed by atoms with E-state index in [0.717, 1.165) is 6.42 Å². The predicted molar refractivity (Wildman–Crippen MR) is 66.1 cm³/mol. The van der Waals surface area contributed by atoms with Gasteiger partial charge in [-0.3, -0.25) is 0 Å². The molecule has 0 spiro atoms. The van der Waals surface area contributed by atoms with Gasteiger partial charge in [-0.1, -0.05) is 19.9 Å². The van der Waals surface area contributed by atoms with Gasteiger partial charge in [0.05, 0.1) is 6.10 Å². The topological polar surface area (TPSA) is 35.2 Å². The van der Waals surface area contributed by atoms with Crippen LogP contribution in [0.4, 0.5) is 0 Å². The molecule has 0 saturated carbocycles. The van der Waals surface area contributed by atoms with Gasteiger partial charge in [0.2, 0.25) is 0 Å². The quantitative estimate of drug-likeness (QED) is 0.810. The first kappa shape index (κ1) is 12.7. The molecule has 2 nitrogen and oxygen atoms in total. The summed E-state index contributed by atoms with van der Waals surface area (Å²) >= 11 is 1.71. The van der Waals surface area contributed by atoms with Crippen LogP contribution in [0, 0.1) is 5.92 Å². The highest BCUT2D eigenvalue weighted by molar-refractivity contribution is 7.10. The maximum Gasteiger partial charge on any atom is 0.104 e. The van der Waals surface area contributed by atoms with Gasteiger partial charge in [-0.25, -0.2) is 0 Å². The molecule has 0 saturated heterocycles. The second-order valence-electron chi connectivity index (χ2n) is 4.32. The number of hydrogen-bond donors (Lipinski definition) is 1. The fourth-order valence-electron chi connectivity index (χ4n) is 1.71. The van der Waals surface area contributed by atoms with Crippen molar-refractivity contribution in [3.63, 3.8) is 0 Å². The Bertz CT molecular complexity index is 259. The molecule has 0 fully saturated rings. The Morgan fingerprint density at radius 1 is 1.40 bits per heavy atom. The first-order chi connectivity index (χ1) is 7.13. The highest BCUT2D eigenvalue weighted by atomic mass is 32.1. The normalized spacial score (nSPS) is 15.5. The SMILES string of the molecule is CC(C)CC(C)OC(CN)c1cccs1. The molecular formula is C12H21NOS. The molecule has 86 valence electrons. The van der Waals surface area contributed by atoms with Crippen molar-refractivity contribution in [2.45, 2.75) is 39.4 Å². The predicted octanol–water partition coefficient (Wildman–Crippen LogP) is 3.20. The van der Waals surface area contributed by atoms with E-state index in [2.05, 4.69) is 32.2 Å². The molecule has 0 aliphatic rings. The summed E-state index contributed by atoms with van der Waals surface area (Å²) in [7, 11) is 0. The molecule has 2 atom stereocenters. The van der Waals surface area contributed by atoms with Crippen molar-refractivity contribution in [3.8, 4) is 0 Å². The summed E-state index contributed by atoms with van der Waals surface area (Å²) in [4.78, 5) is 1.23. The molecule has 1 heterocycles. The zero-order valence-corrected chi connectivity index (χ0v) is 10.6. The van der Waals surface area contributed by atoms with Crippen LogP contribution in [0.3, 0.4) is 0 Å². The second kappa shape index (κ2) is 6.26. The minimum atomic E-state index is 0.0683. The standard InChI is InChI=1S/C12H21NOS/c1-9(2)7-10(3)14-11(8-13)12-5-4-6-15-12/h4-6,9-11H,7-8,13H2,1-3H3.